The fourth-order valence-electron chi connectivity index (χ4n) is 5.36. The molecule has 2 atom stereocenters. The quantitative estimate of drug-likeness (QED) is 0.673. The second-order valence-electron chi connectivity index (χ2n) is 8.72. The summed E-state index contributed by atoms with van der Waals surface area (Å²) in [6.07, 6.45) is 6.50. The summed E-state index contributed by atoms with van der Waals surface area (Å²) >= 11 is 0. The number of rotatable bonds is 7. The molecule has 2 amide bonds. The van der Waals surface area contributed by atoms with Crippen molar-refractivity contribution in [2.24, 2.45) is 0 Å². The number of aromatic carboxylic acids is 1. The van der Waals surface area contributed by atoms with Gasteiger partial charge in [0.15, 0.2) is 0 Å². The number of amides is 2. The molecular weight excluding hydrogens is 406 g/mol. The highest BCUT2D eigenvalue weighted by Crippen LogP contribution is 2.29. The number of aryl methyl sites for hydroxylation is 2. The zero-order chi connectivity index (χ0) is 22.8. The van der Waals surface area contributed by atoms with Gasteiger partial charge in [-0.05, 0) is 75.1 Å². The van der Waals surface area contributed by atoms with Crippen LogP contribution in [0.3, 0.4) is 0 Å². The van der Waals surface area contributed by atoms with Gasteiger partial charge in [-0.1, -0.05) is 12.6 Å². The molecule has 0 unspecified atom stereocenters. The van der Waals surface area contributed by atoms with Gasteiger partial charge in [-0.15, -0.1) is 0 Å². The molecule has 0 aliphatic carbocycles. The number of carboxylic acid groups (broad SMARTS) is 1. The number of carboxylic acids is 1. The summed E-state index contributed by atoms with van der Waals surface area (Å²) in [6.45, 7) is 7.76. The van der Waals surface area contributed by atoms with Gasteiger partial charge in [-0.3, -0.25) is 9.59 Å². The van der Waals surface area contributed by atoms with Crippen molar-refractivity contribution < 1.29 is 19.5 Å². The lowest BCUT2D eigenvalue weighted by atomic mass is 10.1. The van der Waals surface area contributed by atoms with Crippen LogP contribution in [0.25, 0.3) is 10.9 Å². The van der Waals surface area contributed by atoms with Crippen molar-refractivity contribution in [2.75, 3.05) is 13.1 Å². The zero-order valence-corrected chi connectivity index (χ0v) is 18.6. The minimum absolute atomic E-state index is 0.0716. The fourth-order valence-corrected chi connectivity index (χ4v) is 5.36. The van der Waals surface area contributed by atoms with E-state index in [2.05, 4.69) is 24.1 Å². The number of hydrogen-bond donors (Lipinski definition) is 1. The second-order valence-corrected chi connectivity index (χ2v) is 8.72. The van der Waals surface area contributed by atoms with Crippen LogP contribution in [0.15, 0.2) is 36.9 Å². The van der Waals surface area contributed by atoms with Crippen LogP contribution in [0.4, 0.5) is 0 Å². The van der Waals surface area contributed by atoms with Crippen molar-refractivity contribution in [3.8, 4) is 0 Å². The van der Waals surface area contributed by atoms with E-state index in [1.807, 2.05) is 11.0 Å². The topological polar surface area (TPSA) is 82.8 Å². The molecule has 3 heterocycles. The maximum absolute atomic E-state index is 13.3. The van der Waals surface area contributed by atoms with Crippen LogP contribution < -0.4 is 0 Å². The van der Waals surface area contributed by atoms with Crippen LogP contribution >= 0.6 is 0 Å². The number of carbonyl (C=O) groups excluding carboxylic acids is 2. The SMILES string of the molecule is C=CC(=O)N1CCC[C@@H]1C(=O)N1CCC[C@H]1CCc1cc2ccc(C(=O)O)cc2n1CC. The Morgan fingerprint density at radius 2 is 1.88 bits per heavy atom. The minimum Gasteiger partial charge on any atom is -0.478 e. The maximum Gasteiger partial charge on any atom is 0.335 e. The van der Waals surface area contributed by atoms with Crippen LogP contribution in [0.5, 0.6) is 0 Å². The predicted molar refractivity (Wildman–Crippen MR) is 123 cm³/mol. The molecule has 0 bridgehead atoms. The summed E-state index contributed by atoms with van der Waals surface area (Å²) in [4.78, 5) is 40.5. The molecule has 2 aliphatic heterocycles. The van der Waals surface area contributed by atoms with E-state index < -0.39 is 5.97 Å². The Hall–Kier alpha value is -3.09. The lowest BCUT2D eigenvalue weighted by Gasteiger charge is -2.31. The summed E-state index contributed by atoms with van der Waals surface area (Å²) in [5.74, 6) is -1.01. The molecule has 2 saturated heterocycles. The molecule has 1 aromatic heterocycles. The van der Waals surface area contributed by atoms with E-state index in [0.29, 0.717) is 12.1 Å². The van der Waals surface area contributed by atoms with Crippen molar-refractivity contribution in [1.29, 1.82) is 0 Å². The monoisotopic (exact) mass is 437 g/mol. The first-order valence-electron chi connectivity index (χ1n) is 11.5. The zero-order valence-electron chi connectivity index (χ0n) is 18.6. The van der Waals surface area contributed by atoms with Gasteiger partial charge < -0.3 is 19.5 Å². The Morgan fingerprint density at radius 3 is 2.59 bits per heavy atom. The number of nitrogens with zero attached hydrogens (tertiary/aromatic N) is 3. The molecule has 32 heavy (non-hydrogen) atoms. The third-order valence-corrected chi connectivity index (χ3v) is 6.94. The van der Waals surface area contributed by atoms with Crippen molar-refractivity contribution in [3.63, 3.8) is 0 Å². The van der Waals surface area contributed by atoms with Crippen molar-refractivity contribution in [2.45, 2.75) is 64.1 Å². The number of likely N-dealkylation sites (tertiary alicyclic amines) is 2. The van der Waals surface area contributed by atoms with E-state index in [1.165, 1.54) is 6.08 Å². The highest BCUT2D eigenvalue weighted by molar-refractivity contribution is 5.94. The standard InChI is InChI=1S/C25H31N3O4/c1-3-23(29)28-14-6-8-21(28)24(30)27-13-5-7-19(27)11-12-20-15-17-9-10-18(25(31)32)16-22(17)26(20)4-2/h3,9-10,15-16,19,21H,1,4-8,11-14H2,2H3,(H,31,32)/t19-,21+/m0/s1. The summed E-state index contributed by atoms with van der Waals surface area (Å²) in [7, 11) is 0. The van der Waals surface area contributed by atoms with Crippen LogP contribution in [-0.2, 0) is 22.6 Å². The highest BCUT2D eigenvalue weighted by Gasteiger charge is 2.39. The first kappa shape index (κ1) is 22.1. The summed E-state index contributed by atoms with van der Waals surface area (Å²) < 4.78 is 2.17. The average Bonchev–Trinajstić information content (AvgIpc) is 3.53. The molecule has 0 saturated carbocycles. The molecule has 2 aromatic rings. The normalized spacial score (nSPS) is 20.8. The number of fused-ring (bicyclic) bond motifs is 1. The largest absolute Gasteiger partial charge is 0.478 e. The molecule has 2 aliphatic rings. The molecular formula is C25H31N3O4. The van der Waals surface area contributed by atoms with Gasteiger partial charge >= 0.3 is 5.97 Å². The van der Waals surface area contributed by atoms with Gasteiger partial charge in [-0.2, -0.15) is 0 Å². The van der Waals surface area contributed by atoms with Crippen molar-refractivity contribution >= 4 is 28.7 Å². The first-order valence-corrected chi connectivity index (χ1v) is 11.5. The summed E-state index contributed by atoms with van der Waals surface area (Å²) in [6, 6.07) is 7.18. The van der Waals surface area contributed by atoms with Gasteiger partial charge in [-0.25, -0.2) is 4.79 Å². The fraction of sp³-hybridized carbons (Fsp3) is 0.480. The van der Waals surface area contributed by atoms with E-state index in [9.17, 15) is 19.5 Å². The third kappa shape index (κ3) is 4.04. The first-order chi connectivity index (χ1) is 15.4. The highest BCUT2D eigenvalue weighted by atomic mass is 16.4. The Balaban J connectivity index is 1.49. The summed E-state index contributed by atoms with van der Waals surface area (Å²) in [5, 5.41) is 10.4. The van der Waals surface area contributed by atoms with Gasteiger partial charge in [0.1, 0.15) is 6.04 Å². The van der Waals surface area contributed by atoms with Gasteiger partial charge in [0.2, 0.25) is 11.8 Å². The number of hydrogen-bond acceptors (Lipinski definition) is 3. The van der Waals surface area contributed by atoms with E-state index in [0.717, 1.165) is 68.2 Å². The Morgan fingerprint density at radius 1 is 1.12 bits per heavy atom. The number of benzene rings is 1. The second kappa shape index (κ2) is 9.18. The molecule has 2 fully saturated rings. The lowest BCUT2D eigenvalue weighted by molar-refractivity contribution is -0.142. The smallest absolute Gasteiger partial charge is 0.335 e. The van der Waals surface area contributed by atoms with Gasteiger partial charge in [0.25, 0.3) is 0 Å². The van der Waals surface area contributed by atoms with Crippen LogP contribution in [0.2, 0.25) is 0 Å². The Labute approximate surface area is 188 Å². The molecule has 0 spiro atoms. The molecule has 7 nitrogen and oxygen atoms in total. The molecule has 0 radical (unpaired) electrons. The Bertz CT molecular complexity index is 1060. The van der Waals surface area contributed by atoms with E-state index >= 15 is 0 Å². The average molecular weight is 438 g/mol. The van der Waals surface area contributed by atoms with Crippen LogP contribution in [0.1, 0.15) is 55.1 Å². The molecule has 1 aromatic carbocycles. The summed E-state index contributed by atoms with van der Waals surface area (Å²) in [5.41, 5.74) is 2.39. The third-order valence-electron chi connectivity index (χ3n) is 6.94. The Kier molecular flexibility index (Phi) is 6.35. The van der Waals surface area contributed by atoms with Crippen LogP contribution in [0, 0.1) is 0 Å². The number of carbonyl (C=O) groups is 3. The van der Waals surface area contributed by atoms with Gasteiger partial charge in [0.05, 0.1) is 5.56 Å². The van der Waals surface area contributed by atoms with Crippen molar-refractivity contribution in [3.05, 3.63) is 48.2 Å². The van der Waals surface area contributed by atoms with Gasteiger partial charge in [0, 0.05) is 36.9 Å². The van der Waals surface area contributed by atoms with E-state index in [4.69, 9.17) is 0 Å². The number of aromatic nitrogens is 1. The minimum atomic E-state index is -0.923. The van der Waals surface area contributed by atoms with Crippen LogP contribution in [-0.4, -0.2) is 62.4 Å². The predicted octanol–water partition coefficient (Wildman–Crippen LogP) is 3.46. The molecule has 1 N–H and O–H groups in total. The maximum atomic E-state index is 13.3. The van der Waals surface area contributed by atoms with E-state index in [-0.39, 0.29) is 23.9 Å². The lowest BCUT2D eigenvalue weighted by Crippen LogP contribution is -2.49. The molecule has 7 heteroatoms. The molecule has 170 valence electrons. The van der Waals surface area contributed by atoms with E-state index in [1.54, 1.807) is 17.0 Å². The molecule has 4 rings (SSSR count). The van der Waals surface area contributed by atoms with Crippen molar-refractivity contribution in [1.82, 2.24) is 14.4 Å².